The fourth-order valence-electron chi connectivity index (χ4n) is 2.45. The van der Waals surface area contributed by atoms with Crippen molar-refractivity contribution in [3.63, 3.8) is 0 Å². The molecule has 0 aliphatic carbocycles. The quantitative estimate of drug-likeness (QED) is 0.500. The first-order valence-electron chi connectivity index (χ1n) is 4.47. The molecule has 2 saturated heterocycles. The number of hydrogen-bond donors (Lipinski definition) is 1. The molecule has 2 rings (SSSR count). The molecule has 2 bridgehead atoms. The monoisotopic (exact) mass is 169 g/mol. The molecule has 2 heterocycles. The predicted molar refractivity (Wildman–Crippen MR) is 45.1 cm³/mol. The zero-order chi connectivity index (χ0) is 8.72. The van der Waals surface area contributed by atoms with E-state index in [1.54, 1.807) is 6.92 Å². The van der Waals surface area contributed by atoms with Crippen LogP contribution in [-0.2, 0) is 4.79 Å². The molecule has 0 aromatic carbocycles. The topological polar surface area (TPSA) is 49.6 Å². The van der Waals surface area contributed by atoms with E-state index in [0.717, 1.165) is 25.9 Å². The van der Waals surface area contributed by atoms with Crippen LogP contribution in [0.25, 0.3) is 0 Å². The average Bonchev–Trinajstić information content (AvgIpc) is 2.24. The summed E-state index contributed by atoms with van der Waals surface area (Å²) < 4.78 is 0. The van der Waals surface area contributed by atoms with Gasteiger partial charge in [0, 0.05) is 32.1 Å². The molecule has 4 heteroatoms. The summed E-state index contributed by atoms with van der Waals surface area (Å²) in [7, 11) is 0. The summed E-state index contributed by atoms with van der Waals surface area (Å²) in [5.41, 5.74) is 0. The number of rotatable bonds is 0. The van der Waals surface area contributed by atoms with E-state index in [4.69, 9.17) is 5.84 Å². The first kappa shape index (κ1) is 8.01. The van der Waals surface area contributed by atoms with Crippen molar-refractivity contribution >= 4 is 5.91 Å². The molecule has 2 unspecified atom stereocenters. The summed E-state index contributed by atoms with van der Waals surface area (Å²) in [4.78, 5) is 13.2. The summed E-state index contributed by atoms with van der Waals surface area (Å²) in [5, 5.41) is 1.84. The third-order valence-electron chi connectivity index (χ3n) is 2.87. The van der Waals surface area contributed by atoms with Crippen LogP contribution >= 0.6 is 0 Å². The lowest BCUT2D eigenvalue weighted by Crippen LogP contribution is -2.57. The molecule has 68 valence electrons. The number of hydrogen-bond acceptors (Lipinski definition) is 3. The zero-order valence-electron chi connectivity index (χ0n) is 7.36. The van der Waals surface area contributed by atoms with Crippen LogP contribution in [0.15, 0.2) is 0 Å². The summed E-state index contributed by atoms with van der Waals surface area (Å²) in [6.45, 7) is 3.34. The smallest absolute Gasteiger partial charge is 0.220 e. The molecule has 0 radical (unpaired) electrons. The number of nitrogens with two attached hydrogens (primary N) is 1. The molecular weight excluding hydrogens is 154 g/mol. The fourth-order valence-corrected chi connectivity index (χ4v) is 2.45. The van der Waals surface area contributed by atoms with Gasteiger partial charge in [-0.25, -0.2) is 5.01 Å². The van der Waals surface area contributed by atoms with E-state index in [-0.39, 0.29) is 5.91 Å². The van der Waals surface area contributed by atoms with E-state index in [1.807, 2.05) is 9.91 Å². The Morgan fingerprint density at radius 1 is 1.33 bits per heavy atom. The van der Waals surface area contributed by atoms with E-state index in [9.17, 15) is 4.79 Å². The van der Waals surface area contributed by atoms with Crippen LogP contribution in [0.4, 0.5) is 0 Å². The summed E-state index contributed by atoms with van der Waals surface area (Å²) >= 11 is 0. The molecule has 0 spiro atoms. The van der Waals surface area contributed by atoms with Gasteiger partial charge in [0.25, 0.3) is 0 Å². The van der Waals surface area contributed by atoms with E-state index in [0.29, 0.717) is 12.1 Å². The van der Waals surface area contributed by atoms with E-state index < -0.39 is 0 Å². The van der Waals surface area contributed by atoms with Crippen LogP contribution in [0.5, 0.6) is 0 Å². The standard InChI is InChI=1S/C8H15N3O/c1-6(12)11-7-2-3-8(11)5-10(9)4-7/h7-8H,2-5,9H2,1H3. The Bertz CT molecular complexity index is 192. The minimum Gasteiger partial charge on any atom is -0.334 e. The molecule has 1 amide bonds. The van der Waals surface area contributed by atoms with Gasteiger partial charge < -0.3 is 4.90 Å². The Balaban J connectivity index is 2.14. The minimum atomic E-state index is 0.204. The Kier molecular flexibility index (Phi) is 1.81. The summed E-state index contributed by atoms with van der Waals surface area (Å²) in [6.07, 6.45) is 2.25. The maximum Gasteiger partial charge on any atom is 0.220 e. The first-order valence-corrected chi connectivity index (χ1v) is 4.47. The molecule has 0 aromatic rings. The van der Waals surface area contributed by atoms with Gasteiger partial charge in [-0.1, -0.05) is 0 Å². The van der Waals surface area contributed by atoms with Gasteiger partial charge in [0.05, 0.1) is 0 Å². The van der Waals surface area contributed by atoms with Crippen molar-refractivity contribution in [1.82, 2.24) is 9.91 Å². The largest absolute Gasteiger partial charge is 0.334 e. The Labute approximate surface area is 72.3 Å². The van der Waals surface area contributed by atoms with Gasteiger partial charge in [0.2, 0.25) is 5.91 Å². The van der Waals surface area contributed by atoms with Crippen molar-refractivity contribution < 1.29 is 4.79 Å². The molecular formula is C8H15N3O. The third kappa shape index (κ3) is 1.11. The number of carbonyl (C=O) groups is 1. The zero-order valence-corrected chi connectivity index (χ0v) is 7.36. The number of amides is 1. The number of carbonyl (C=O) groups excluding carboxylic acids is 1. The highest BCUT2D eigenvalue weighted by Gasteiger charge is 2.40. The van der Waals surface area contributed by atoms with Crippen molar-refractivity contribution in [2.75, 3.05) is 13.1 Å². The summed E-state index contributed by atoms with van der Waals surface area (Å²) in [5.74, 6) is 5.92. The van der Waals surface area contributed by atoms with Crippen LogP contribution in [0.1, 0.15) is 19.8 Å². The van der Waals surface area contributed by atoms with E-state index >= 15 is 0 Å². The molecule has 12 heavy (non-hydrogen) atoms. The molecule has 2 atom stereocenters. The van der Waals surface area contributed by atoms with Gasteiger partial charge >= 0.3 is 0 Å². The van der Waals surface area contributed by atoms with E-state index in [2.05, 4.69) is 0 Å². The molecule has 2 fully saturated rings. The Morgan fingerprint density at radius 3 is 2.25 bits per heavy atom. The lowest BCUT2D eigenvalue weighted by atomic mass is 10.2. The molecule has 2 aliphatic rings. The Hall–Kier alpha value is -0.610. The SMILES string of the molecule is CC(=O)N1C2CCC1CN(N)C2. The predicted octanol–water partition coefficient (Wildman–Crippen LogP) is -0.445. The minimum absolute atomic E-state index is 0.204. The third-order valence-corrected chi connectivity index (χ3v) is 2.87. The van der Waals surface area contributed by atoms with Crippen LogP contribution in [0, 0.1) is 0 Å². The van der Waals surface area contributed by atoms with Gasteiger partial charge in [-0.15, -0.1) is 0 Å². The van der Waals surface area contributed by atoms with Gasteiger partial charge in [0.15, 0.2) is 0 Å². The lowest BCUT2D eigenvalue weighted by molar-refractivity contribution is -0.134. The van der Waals surface area contributed by atoms with E-state index in [1.165, 1.54) is 0 Å². The highest BCUT2D eigenvalue weighted by atomic mass is 16.2. The second-order valence-corrected chi connectivity index (χ2v) is 3.77. The number of fused-ring (bicyclic) bond motifs is 2. The normalized spacial score (nSPS) is 35.7. The van der Waals surface area contributed by atoms with Crippen molar-refractivity contribution in [2.24, 2.45) is 5.84 Å². The highest BCUT2D eigenvalue weighted by molar-refractivity contribution is 5.74. The average molecular weight is 169 g/mol. The van der Waals surface area contributed by atoms with Crippen molar-refractivity contribution in [3.8, 4) is 0 Å². The second-order valence-electron chi connectivity index (χ2n) is 3.77. The van der Waals surface area contributed by atoms with Crippen LogP contribution < -0.4 is 5.84 Å². The molecule has 2 aliphatic heterocycles. The molecule has 0 saturated carbocycles. The van der Waals surface area contributed by atoms with Crippen molar-refractivity contribution in [3.05, 3.63) is 0 Å². The lowest BCUT2D eigenvalue weighted by Gasteiger charge is -2.38. The highest BCUT2D eigenvalue weighted by Crippen LogP contribution is 2.28. The molecule has 2 N–H and O–H groups in total. The second kappa shape index (κ2) is 2.71. The van der Waals surface area contributed by atoms with Gasteiger partial charge in [-0.3, -0.25) is 10.6 Å². The number of hydrazine groups is 1. The molecule has 0 aromatic heterocycles. The molecule has 4 nitrogen and oxygen atoms in total. The summed E-state index contributed by atoms with van der Waals surface area (Å²) in [6, 6.07) is 0.762. The first-order chi connectivity index (χ1) is 5.68. The fraction of sp³-hybridized carbons (Fsp3) is 0.875. The number of piperazine rings is 1. The van der Waals surface area contributed by atoms with Gasteiger partial charge in [-0.05, 0) is 12.8 Å². The number of nitrogens with zero attached hydrogens (tertiary/aromatic N) is 2. The Morgan fingerprint density at radius 2 is 1.83 bits per heavy atom. The maximum absolute atomic E-state index is 11.2. The van der Waals surface area contributed by atoms with Crippen molar-refractivity contribution in [2.45, 2.75) is 31.8 Å². The van der Waals surface area contributed by atoms with Gasteiger partial charge in [-0.2, -0.15) is 0 Å². The van der Waals surface area contributed by atoms with Crippen LogP contribution in [0.2, 0.25) is 0 Å². The van der Waals surface area contributed by atoms with Crippen molar-refractivity contribution in [1.29, 1.82) is 0 Å². The van der Waals surface area contributed by atoms with Crippen LogP contribution in [-0.4, -0.2) is 41.0 Å². The van der Waals surface area contributed by atoms with Gasteiger partial charge in [0.1, 0.15) is 0 Å². The van der Waals surface area contributed by atoms with Crippen LogP contribution in [0.3, 0.4) is 0 Å². The maximum atomic E-state index is 11.2.